The standard InChI is InChI=1S/C14H18N4O2S/c1-10-16-17-13(18(10)2)21-9-14(15,12(19)20-3)11-7-5-4-6-8-11/h4-8H,9,15H2,1-3H3. The molecule has 2 N–H and O–H groups in total. The lowest BCUT2D eigenvalue weighted by atomic mass is 9.93. The maximum Gasteiger partial charge on any atom is 0.331 e. The van der Waals surface area contributed by atoms with Crippen LogP contribution in [0.4, 0.5) is 0 Å². The number of carbonyl (C=O) groups is 1. The number of nitrogens with two attached hydrogens (primary N) is 1. The number of aromatic nitrogens is 3. The van der Waals surface area contributed by atoms with E-state index in [2.05, 4.69) is 10.2 Å². The summed E-state index contributed by atoms with van der Waals surface area (Å²) in [7, 11) is 3.21. The lowest BCUT2D eigenvalue weighted by Gasteiger charge is -2.26. The maximum atomic E-state index is 12.1. The number of benzene rings is 1. The van der Waals surface area contributed by atoms with E-state index in [0.29, 0.717) is 16.5 Å². The number of esters is 1. The predicted molar refractivity (Wildman–Crippen MR) is 80.8 cm³/mol. The van der Waals surface area contributed by atoms with Gasteiger partial charge in [0.25, 0.3) is 0 Å². The van der Waals surface area contributed by atoms with Gasteiger partial charge in [-0.1, -0.05) is 42.1 Å². The Bertz CT molecular complexity index is 629. The molecule has 0 amide bonds. The molecule has 1 aromatic carbocycles. The first-order chi connectivity index (χ1) is 9.99. The fourth-order valence-electron chi connectivity index (χ4n) is 1.87. The summed E-state index contributed by atoms with van der Waals surface area (Å²) >= 11 is 1.38. The van der Waals surface area contributed by atoms with E-state index in [0.717, 1.165) is 5.82 Å². The number of methoxy groups -OCH3 is 1. The lowest BCUT2D eigenvalue weighted by Crippen LogP contribution is -2.48. The van der Waals surface area contributed by atoms with Gasteiger partial charge in [0.15, 0.2) is 5.16 Å². The molecule has 112 valence electrons. The van der Waals surface area contributed by atoms with Crippen LogP contribution in [-0.4, -0.2) is 33.6 Å². The maximum absolute atomic E-state index is 12.1. The average molecular weight is 306 g/mol. The largest absolute Gasteiger partial charge is 0.467 e. The summed E-state index contributed by atoms with van der Waals surface area (Å²) in [6.07, 6.45) is 0. The van der Waals surface area contributed by atoms with E-state index in [-0.39, 0.29) is 0 Å². The van der Waals surface area contributed by atoms with E-state index in [1.54, 1.807) is 0 Å². The fraction of sp³-hybridized carbons (Fsp3) is 0.357. The Hall–Kier alpha value is -1.86. The third-order valence-corrected chi connectivity index (χ3v) is 4.53. The summed E-state index contributed by atoms with van der Waals surface area (Å²) in [4.78, 5) is 12.1. The fourth-order valence-corrected chi connectivity index (χ4v) is 2.94. The van der Waals surface area contributed by atoms with Gasteiger partial charge >= 0.3 is 5.97 Å². The molecule has 0 bridgehead atoms. The Morgan fingerprint density at radius 3 is 2.57 bits per heavy atom. The average Bonchev–Trinajstić information content (AvgIpc) is 2.84. The summed E-state index contributed by atoms with van der Waals surface area (Å²) in [6, 6.07) is 9.20. The predicted octanol–water partition coefficient (Wildman–Crippen LogP) is 1.24. The molecule has 2 rings (SSSR count). The molecule has 7 heteroatoms. The van der Waals surface area contributed by atoms with E-state index in [9.17, 15) is 4.79 Å². The first-order valence-corrected chi connectivity index (χ1v) is 7.39. The Kier molecular flexibility index (Phi) is 4.64. The highest BCUT2D eigenvalue weighted by Crippen LogP contribution is 2.28. The van der Waals surface area contributed by atoms with Crippen LogP contribution >= 0.6 is 11.8 Å². The van der Waals surface area contributed by atoms with Crippen LogP contribution in [0.3, 0.4) is 0 Å². The van der Waals surface area contributed by atoms with Gasteiger partial charge in [0, 0.05) is 12.8 Å². The Labute approximate surface area is 127 Å². The van der Waals surface area contributed by atoms with Crippen molar-refractivity contribution in [2.45, 2.75) is 17.6 Å². The van der Waals surface area contributed by atoms with Gasteiger partial charge in [-0.3, -0.25) is 0 Å². The minimum Gasteiger partial charge on any atom is -0.467 e. The monoisotopic (exact) mass is 306 g/mol. The molecule has 0 aliphatic heterocycles. The van der Waals surface area contributed by atoms with Crippen LogP contribution < -0.4 is 5.73 Å². The highest BCUT2D eigenvalue weighted by Gasteiger charge is 2.37. The molecule has 2 aromatic rings. The van der Waals surface area contributed by atoms with Gasteiger partial charge in [-0.25, -0.2) is 4.79 Å². The second-order valence-corrected chi connectivity index (χ2v) is 5.65. The van der Waals surface area contributed by atoms with Gasteiger partial charge < -0.3 is 15.0 Å². The third-order valence-electron chi connectivity index (χ3n) is 3.32. The number of hydrogen-bond donors (Lipinski definition) is 1. The second kappa shape index (κ2) is 6.28. The van der Waals surface area contributed by atoms with E-state index in [1.807, 2.05) is 48.9 Å². The molecule has 0 aliphatic rings. The second-order valence-electron chi connectivity index (χ2n) is 4.71. The van der Waals surface area contributed by atoms with Crippen LogP contribution in [0.15, 0.2) is 35.5 Å². The molecule has 0 spiro atoms. The van der Waals surface area contributed by atoms with Crippen molar-refractivity contribution < 1.29 is 9.53 Å². The minimum atomic E-state index is -1.22. The SMILES string of the molecule is COC(=O)C(N)(CSc1nnc(C)n1C)c1ccccc1. The van der Waals surface area contributed by atoms with Crippen LogP contribution in [0, 0.1) is 6.92 Å². The molecule has 0 fully saturated rings. The minimum absolute atomic E-state index is 0.315. The Balaban J connectivity index is 2.25. The highest BCUT2D eigenvalue weighted by atomic mass is 32.2. The number of aryl methyl sites for hydroxylation is 1. The lowest BCUT2D eigenvalue weighted by molar-refractivity contribution is -0.146. The molecule has 1 atom stereocenters. The molecule has 1 unspecified atom stereocenters. The van der Waals surface area contributed by atoms with Gasteiger partial charge in [0.05, 0.1) is 7.11 Å². The first-order valence-electron chi connectivity index (χ1n) is 6.40. The van der Waals surface area contributed by atoms with Gasteiger partial charge in [-0.05, 0) is 12.5 Å². The zero-order chi connectivity index (χ0) is 15.5. The van der Waals surface area contributed by atoms with Gasteiger partial charge in [0.1, 0.15) is 11.4 Å². The Morgan fingerprint density at radius 2 is 2.05 bits per heavy atom. The molecule has 0 saturated heterocycles. The van der Waals surface area contributed by atoms with Gasteiger partial charge in [0.2, 0.25) is 0 Å². The van der Waals surface area contributed by atoms with E-state index >= 15 is 0 Å². The van der Waals surface area contributed by atoms with Crippen molar-refractivity contribution in [3.8, 4) is 0 Å². The number of nitrogens with zero attached hydrogens (tertiary/aromatic N) is 3. The highest BCUT2D eigenvalue weighted by molar-refractivity contribution is 7.99. The van der Waals surface area contributed by atoms with Crippen LogP contribution in [0.5, 0.6) is 0 Å². The van der Waals surface area contributed by atoms with Crippen molar-refractivity contribution in [1.29, 1.82) is 0 Å². The number of thioether (sulfide) groups is 1. The summed E-state index contributed by atoms with van der Waals surface area (Å²) in [5.41, 5.74) is 5.81. The first kappa shape index (κ1) is 15.5. The van der Waals surface area contributed by atoms with Crippen molar-refractivity contribution in [3.63, 3.8) is 0 Å². The summed E-state index contributed by atoms with van der Waals surface area (Å²) in [5.74, 6) is 0.647. The normalized spacial score (nSPS) is 13.7. The molecular weight excluding hydrogens is 288 g/mol. The van der Waals surface area contributed by atoms with Crippen molar-refractivity contribution in [2.75, 3.05) is 12.9 Å². The zero-order valence-electron chi connectivity index (χ0n) is 12.2. The number of hydrogen-bond acceptors (Lipinski definition) is 6. The van der Waals surface area contributed by atoms with Crippen molar-refractivity contribution in [3.05, 3.63) is 41.7 Å². The van der Waals surface area contributed by atoms with E-state index in [4.69, 9.17) is 10.5 Å². The van der Waals surface area contributed by atoms with E-state index in [1.165, 1.54) is 18.9 Å². The van der Waals surface area contributed by atoms with Crippen molar-refractivity contribution in [2.24, 2.45) is 12.8 Å². The number of ether oxygens (including phenoxy) is 1. The smallest absolute Gasteiger partial charge is 0.331 e. The third kappa shape index (κ3) is 3.08. The number of carbonyl (C=O) groups excluding carboxylic acids is 1. The van der Waals surface area contributed by atoms with Crippen LogP contribution in [0.25, 0.3) is 0 Å². The molecule has 0 aliphatic carbocycles. The molecule has 0 radical (unpaired) electrons. The zero-order valence-corrected chi connectivity index (χ0v) is 13.1. The molecule has 0 saturated carbocycles. The topological polar surface area (TPSA) is 83.0 Å². The van der Waals surface area contributed by atoms with Crippen LogP contribution in [0.1, 0.15) is 11.4 Å². The van der Waals surface area contributed by atoms with Crippen molar-refractivity contribution in [1.82, 2.24) is 14.8 Å². The molecule has 6 nitrogen and oxygen atoms in total. The van der Waals surface area contributed by atoms with Gasteiger partial charge in [-0.2, -0.15) is 0 Å². The van der Waals surface area contributed by atoms with E-state index < -0.39 is 11.5 Å². The summed E-state index contributed by atoms with van der Waals surface area (Å²) < 4.78 is 6.73. The van der Waals surface area contributed by atoms with Gasteiger partial charge in [-0.15, -0.1) is 10.2 Å². The molecule has 1 aromatic heterocycles. The quantitative estimate of drug-likeness (QED) is 0.661. The summed E-state index contributed by atoms with van der Waals surface area (Å²) in [5, 5.41) is 8.77. The molecule has 1 heterocycles. The Morgan fingerprint density at radius 1 is 1.38 bits per heavy atom. The molecule has 21 heavy (non-hydrogen) atoms. The number of rotatable bonds is 5. The van der Waals surface area contributed by atoms with Crippen molar-refractivity contribution >= 4 is 17.7 Å². The summed E-state index contributed by atoms with van der Waals surface area (Å²) in [6.45, 7) is 1.87. The van der Waals surface area contributed by atoms with Crippen LogP contribution in [0.2, 0.25) is 0 Å². The molecular formula is C14H18N4O2S. The van der Waals surface area contributed by atoms with Crippen LogP contribution in [-0.2, 0) is 22.1 Å².